The second-order valence-corrected chi connectivity index (χ2v) is 8.63. The van der Waals surface area contributed by atoms with Gasteiger partial charge in [-0.25, -0.2) is 13.1 Å². The van der Waals surface area contributed by atoms with Gasteiger partial charge in [-0.3, -0.25) is 4.79 Å². The van der Waals surface area contributed by atoms with E-state index >= 15 is 0 Å². The number of para-hydroxylation sites is 1. The van der Waals surface area contributed by atoms with Crippen molar-refractivity contribution in [2.75, 3.05) is 29.9 Å². The highest BCUT2D eigenvalue weighted by atomic mass is 32.2. The van der Waals surface area contributed by atoms with Crippen molar-refractivity contribution in [1.29, 1.82) is 0 Å². The smallest absolute Gasteiger partial charge is 0.240 e. The molecule has 0 aromatic heterocycles. The summed E-state index contributed by atoms with van der Waals surface area (Å²) in [6.07, 6.45) is 0.672. The second kappa shape index (κ2) is 7.70. The quantitative estimate of drug-likeness (QED) is 0.826. The molecule has 1 amide bonds. The molecular weight excluding hydrogens is 362 g/mol. The number of hydrogen-bond acceptors (Lipinski definition) is 4. The summed E-state index contributed by atoms with van der Waals surface area (Å²) >= 11 is 0. The summed E-state index contributed by atoms with van der Waals surface area (Å²) in [4.78, 5) is 15.6. The number of rotatable bonds is 6. The number of amides is 1. The first-order valence-electron chi connectivity index (χ1n) is 8.98. The van der Waals surface area contributed by atoms with Gasteiger partial charge in [0.2, 0.25) is 15.9 Å². The lowest BCUT2D eigenvalue weighted by Crippen LogP contribution is -2.40. The van der Waals surface area contributed by atoms with E-state index in [1.807, 2.05) is 49.2 Å². The van der Waals surface area contributed by atoms with E-state index in [4.69, 9.17) is 0 Å². The summed E-state index contributed by atoms with van der Waals surface area (Å²) in [6, 6.07) is 14.8. The third kappa shape index (κ3) is 4.14. The SMILES string of the molecule is CC(=O)N1CCc2cc(S(=O)(=O)NC[C@H](C)N(C)c3ccccc3)ccc21. The minimum Gasteiger partial charge on any atom is -0.371 e. The van der Waals surface area contributed by atoms with Gasteiger partial charge in [-0.2, -0.15) is 0 Å². The summed E-state index contributed by atoms with van der Waals surface area (Å²) < 4.78 is 28.1. The van der Waals surface area contributed by atoms with Crippen LogP contribution < -0.4 is 14.5 Å². The lowest BCUT2D eigenvalue weighted by atomic mass is 10.2. The number of fused-ring (bicyclic) bond motifs is 1. The summed E-state index contributed by atoms with van der Waals surface area (Å²) in [7, 11) is -1.67. The van der Waals surface area contributed by atoms with Crippen LogP contribution in [-0.4, -0.2) is 40.5 Å². The Kier molecular flexibility index (Phi) is 5.53. The number of carbonyl (C=O) groups excluding carboxylic acids is 1. The first-order valence-corrected chi connectivity index (χ1v) is 10.5. The van der Waals surface area contributed by atoms with Gasteiger partial charge < -0.3 is 9.80 Å². The van der Waals surface area contributed by atoms with E-state index in [-0.39, 0.29) is 16.8 Å². The fraction of sp³-hybridized carbons (Fsp3) is 0.350. The third-order valence-electron chi connectivity index (χ3n) is 5.03. The molecule has 0 aliphatic carbocycles. The van der Waals surface area contributed by atoms with Crippen molar-refractivity contribution < 1.29 is 13.2 Å². The topological polar surface area (TPSA) is 69.7 Å². The van der Waals surface area contributed by atoms with Crippen molar-refractivity contribution >= 4 is 27.3 Å². The normalized spacial score (nSPS) is 14.7. The van der Waals surface area contributed by atoms with Crippen LogP contribution in [0.15, 0.2) is 53.4 Å². The van der Waals surface area contributed by atoms with Crippen molar-refractivity contribution in [2.24, 2.45) is 0 Å². The zero-order valence-electron chi connectivity index (χ0n) is 15.8. The first-order chi connectivity index (χ1) is 12.8. The van der Waals surface area contributed by atoms with Gasteiger partial charge in [-0.1, -0.05) is 18.2 Å². The lowest BCUT2D eigenvalue weighted by Gasteiger charge is -2.27. The van der Waals surface area contributed by atoms with E-state index in [1.165, 1.54) is 6.92 Å². The van der Waals surface area contributed by atoms with Crippen molar-refractivity contribution in [1.82, 2.24) is 4.72 Å². The molecule has 0 unspecified atom stereocenters. The standard InChI is InChI=1S/C20H25N3O3S/c1-15(22(3)18-7-5-4-6-8-18)14-21-27(25,26)19-9-10-20-17(13-19)11-12-23(20)16(2)24/h4-10,13,15,21H,11-12,14H2,1-3H3/t15-/m0/s1. The molecule has 1 N–H and O–H groups in total. The van der Waals surface area contributed by atoms with E-state index < -0.39 is 10.0 Å². The molecule has 0 bridgehead atoms. The number of nitrogens with zero attached hydrogens (tertiary/aromatic N) is 2. The van der Waals surface area contributed by atoms with E-state index in [0.717, 1.165) is 16.9 Å². The maximum atomic E-state index is 12.7. The number of nitrogens with one attached hydrogen (secondary N) is 1. The molecule has 0 saturated carbocycles. The molecule has 1 aliphatic rings. The van der Waals surface area contributed by atoms with E-state index in [0.29, 0.717) is 19.5 Å². The molecule has 0 fully saturated rings. The fourth-order valence-electron chi connectivity index (χ4n) is 3.24. The summed E-state index contributed by atoms with van der Waals surface area (Å²) in [5.41, 5.74) is 2.73. The molecule has 6 nitrogen and oxygen atoms in total. The van der Waals surface area contributed by atoms with Crippen LogP contribution in [0.5, 0.6) is 0 Å². The van der Waals surface area contributed by atoms with Crippen molar-refractivity contribution in [2.45, 2.75) is 31.2 Å². The largest absolute Gasteiger partial charge is 0.371 e. The number of sulfonamides is 1. The Balaban J connectivity index is 1.69. The predicted octanol–water partition coefficient (Wildman–Crippen LogP) is 2.40. The minimum atomic E-state index is -3.61. The number of likely N-dealkylation sites (N-methyl/N-ethyl adjacent to an activating group) is 1. The fourth-order valence-corrected chi connectivity index (χ4v) is 4.41. The summed E-state index contributed by atoms with van der Waals surface area (Å²) in [5.74, 6) is -0.0275. The number of anilines is 2. The Hall–Kier alpha value is -2.38. The first kappa shape index (κ1) is 19.4. The molecule has 144 valence electrons. The Morgan fingerprint density at radius 2 is 1.93 bits per heavy atom. The minimum absolute atomic E-state index is 0.00944. The van der Waals surface area contributed by atoms with Gasteiger partial charge in [-0.05, 0) is 49.2 Å². The van der Waals surface area contributed by atoms with Crippen LogP contribution in [0, 0.1) is 0 Å². The van der Waals surface area contributed by atoms with Crippen LogP contribution in [0.1, 0.15) is 19.4 Å². The van der Waals surface area contributed by atoms with Gasteiger partial charge in [0, 0.05) is 44.5 Å². The maximum absolute atomic E-state index is 12.7. The molecule has 1 atom stereocenters. The van der Waals surface area contributed by atoms with Gasteiger partial charge in [0.1, 0.15) is 0 Å². The van der Waals surface area contributed by atoms with E-state index in [1.54, 1.807) is 23.1 Å². The molecule has 1 heterocycles. The molecule has 7 heteroatoms. The Bertz CT molecular complexity index is 929. The number of benzene rings is 2. The van der Waals surface area contributed by atoms with Crippen LogP contribution in [0.25, 0.3) is 0 Å². The van der Waals surface area contributed by atoms with Gasteiger partial charge in [0.15, 0.2) is 0 Å². The monoisotopic (exact) mass is 387 g/mol. The average Bonchev–Trinajstić information content (AvgIpc) is 3.10. The van der Waals surface area contributed by atoms with Gasteiger partial charge in [-0.15, -0.1) is 0 Å². The van der Waals surface area contributed by atoms with Crippen LogP contribution in [0.2, 0.25) is 0 Å². The van der Waals surface area contributed by atoms with E-state index in [9.17, 15) is 13.2 Å². The lowest BCUT2D eigenvalue weighted by molar-refractivity contribution is -0.116. The molecule has 0 radical (unpaired) electrons. The number of hydrogen-bond donors (Lipinski definition) is 1. The molecule has 2 aromatic rings. The van der Waals surface area contributed by atoms with Crippen LogP contribution in [0.3, 0.4) is 0 Å². The average molecular weight is 388 g/mol. The molecule has 3 rings (SSSR count). The summed E-state index contributed by atoms with van der Waals surface area (Å²) in [6.45, 7) is 4.39. The maximum Gasteiger partial charge on any atom is 0.240 e. The zero-order chi connectivity index (χ0) is 19.6. The Morgan fingerprint density at radius 1 is 1.22 bits per heavy atom. The van der Waals surface area contributed by atoms with Crippen LogP contribution >= 0.6 is 0 Å². The second-order valence-electron chi connectivity index (χ2n) is 6.86. The highest BCUT2D eigenvalue weighted by molar-refractivity contribution is 7.89. The molecule has 1 aliphatic heterocycles. The third-order valence-corrected chi connectivity index (χ3v) is 6.45. The van der Waals surface area contributed by atoms with Crippen molar-refractivity contribution in [3.63, 3.8) is 0 Å². The van der Waals surface area contributed by atoms with Crippen LogP contribution in [-0.2, 0) is 21.2 Å². The number of carbonyl (C=O) groups is 1. The Labute approximate surface area is 160 Å². The molecule has 2 aromatic carbocycles. The summed E-state index contributed by atoms with van der Waals surface area (Å²) in [5, 5.41) is 0. The highest BCUT2D eigenvalue weighted by Crippen LogP contribution is 2.30. The Morgan fingerprint density at radius 3 is 2.59 bits per heavy atom. The molecule has 0 spiro atoms. The predicted molar refractivity (Wildman–Crippen MR) is 108 cm³/mol. The molecule has 0 saturated heterocycles. The van der Waals surface area contributed by atoms with Gasteiger partial charge in [0.05, 0.1) is 4.90 Å². The highest BCUT2D eigenvalue weighted by Gasteiger charge is 2.25. The van der Waals surface area contributed by atoms with Crippen LogP contribution in [0.4, 0.5) is 11.4 Å². The molecular formula is C20H25N3O3S. The molecule has 27 heavy (non-hydrogen) atoms. The van der Waals surface area contributed by atoms with Gasteiger partial charge in [0.25, 0.3) is 0 Å². The van der Waals surface area contributed by atoms with Crippen molar-refractivity contribution in [3.8, 4) is 0 Å². The van der Waals surface area contributed by atoms with Crippen molar-refractivity contribution in [3.05, 3.63) is 54.1 Å². The van der Waals surface area contributed by atoms with Gasteiger partial charge >= 0.3 is 0 Å². The zero-order valence-corrected chi connectivity index (χ0v) is 16.7. The van der Waals surface area contributed by atoms with E-state index in [2.05, 4.69) is 4.72 Å².